The average Bonchev–Trinajstić information content (AvgIpc) is 3.18. The first kappa shape index (κ1) is 14.6. The van der Waals surface area contributed by atoms with E-state index in [0.717, 1.165) is 11.4 Å². The number of aryl methyl sites for hydroxylation is 1. The molecule has 2 aromatic rings. The number of hydrogen-bond acceptors (Lipinski definition) is 4. The minimum atomic E-state index is 0.314. The zero-order chi connectivity index (χ0) is 14.8. The molecule has 7 heteroatoms. The van der Waals surface area contributed by atoms with Crippen LogP contribution in [0.5, 0.6) is 5.75 Å². The van der Waals surface area contributed by atoms with Gasteiger partial charge in [0.2, 0.25) is 0 Å². The monoisotopic (exact) mass is 326 g/mol. The molecular formula is C14H16Cl2N4O. The van der Waals surface area contributed by atoms with Gasteiger partial charge in [0.15, 0.2) is 5.82 Å². The van der Waals surface area contributed by atoms with E-state index in [0.29, 0.717) is 35.0 Å². The molecule has 1 N–H and O–H groups in total. The Morgan fingerprint density at radius 2 is 2.19 bits per heavy atom. The smallest absolute Gasteiger partial charge is 0.170 e. The van der Waals surface area contributed by atoms with Crippen LogP contribution in [0.2, 0.25) is 10.0 Å². The van der Waals surface area contributed by atoms with Crippen LogP contribution in [-0.2, 0) is 20.2 Å². The van der Waals surface area contributed by atoms with Crippen molar-refractivity contribution in [1.82, 2.24) is 20.1 Å². The van der Waals surface area contributed by atoms with Crippen LogP contribution in [0, 0.1) is 0 Å². The maximum Gasteiger partial charge on any atom is 0.170 e. The second-order valence-electron chi connectivity index (χ2n) is 5.18. The van der Waals surface area contributed by atoms with Crippen LogP contribution in [0.25, 0.3) is 0 Å². The second kappa shape index (κ2) is 6.22. The van der Waals surface area contributed by atoms with Crippen molar-refractivity contribution < 1.29 is 4.74 Å². The molecule has 0 unspecified atom stereocenters. The fourth-order valence-corrected chi connectivity index (χ4v) is 2.61. The van der Waals surface area contributed by atoms with E-state index in [1.54, 1.807) is 12.4 Å². The molecule has 0 amide bonds. The van der Waals surface area contributed by atoms with E-state index in [4.69, 9.17) is 27.9 Å². The molecule has 1 heterocycles. The Hall–Kier alpha value is -1.30. The third-order valence-electron chi connectivity index (χ3n) is 3.39. The summed E-state index contributed by atoms with van der Waals surface area (Å²) in [4.78, 5) is 0. The number of benzene rings is 1. The molecular weight excluding hydrogens is 311 g/mol. The van der Waals surface area contributed by atoms with Crippen molar-refractivity contribution in [3.63, 3.8) is 0 Å². The fourth-order valence-electron chi connectivity index (χ4n) is 2.02. The van der Waals surface area contributed by atoms with Gasteiger partial charge in [-0.05, 0) is 25.0 Å². The first-order chi connectivity index (χ1) is 10.1. The lowest BCUT2D eigenvalue weighted by Crippen LogP contribution is -2.16. The van der Waals surface area contributed by atoms with E-state index in [1.165, 1.54) is 12.8 Å². The summed E-state index contributed by atoms with van der Waals surface area (Å²) in [6.07, 6.45) is 4.09. The van der Waals surface area contributed by atoms with Gasteiger partial charge in [-0.3, -0.25) is 0 Å². The Kier molecular flexibility index (Phi) is 4.33. The first-order valence-corrected chi connectivity index (χ1v) is 7.56. The Morgan fingerprint density at radius 1 is 1.38 bits per heavy atom. The van der Waals surface area contributed by atoms with Crippen LogP contribution in [0.15, 0.2) is 18.5 Å². The quantitative estimate of drug-likeness (QED) is 0.886. The normalized spacial score (nSPS) is 14.4. The van der Waals surface area contributed by atoms with E-state index < -0.39 is 0 Å². The highest BCUT2D eigenvalue weighted by Gasteiger charge is 2.21. The Labute approximate surface area is 133 Å². The number of ether oxygens (including phenoxy) is 1. The molecule has 0 saturated heterocycles. The van der Waals surface area contributed by atoms with Crippen molar-refractivity contribution in [2.75, 3.05) is 0 Å². The van der Waals surface area contributed by atoms with Gasteiger partial charge in [-0.25, -0.2) is 0 Å². The minimum absolute atomic E-state index is 0.314. The molecule has 1 aliphatic rings. The van der Waals surface area contributed by atoms with Gasteiger partial charge < -0.3 is 14.6 Å². The van der Waals surface area contributed by atoms with Crippen LogP contribution in [-0.4, -0.2) is 20.8 Å². The lowest BCUT2D eigenvalue weighted by Gasteiger charge is -2.14. The van der Waals surface area contributed by atoms with Gasteiger partial charge in [-0.2, -0.15) is 0 Å². The third-order valence-corrected chi connectivity index (χ3v) is 3.89. The zero-order valence-electron chi connectivity index (χ0n) is 11.6. The maximum absolute atomic E-state index is 6.27. The van der Waals surface area contributed by atoms with Gasteiger partial charge in [-0.1, -0.05) is 23.2 Å². The summed E-state index contributed by atoms with van der Waals surface area (Å²) in [6.45, 7) is 1.01. The molecule has 0 atom stereocenters. The van der Waals surface area contributed by atoms with Gasteiger partial charge in [0, 0.05) is 30.2 Å². The Morgan fingerprint density at radius 3 is 2.86 bits per heavy atom. The van der Waals surface area contributed by atoms with Gasteiger partial charge in [0.1, 0.15) is 18.7 Å². The molecule has 0 bridgehead atoms. The molecule has 5 nitrogen and oxygen atoms in total. The number of nitrogens with one attached hydrogen (secondary N) is 1. The summed E-state index contributed by atoms with van der Waals surface area (Å²) in [5.41, 5.74) is 0.960. The molecule has 0 aliphatic heterocycles. The average molecular weight is 327 g/mol. The topological polar surface area (TPSA) is 52.0 Å². The lowest BCUT2D eigenvalue weighted by atomic mass is 10.2. The van der Waals surface area contributed by atoms with E-state index in [-0.39, 0.29) is 0 Å². The van der Waals surface area contributed by atoms with Gasteiger partial charge in [-0.15, -0.1) is 10.2 Å². The number of hydrogen-bond donors (Lipinski definition) is 1. The molecule has 112 valence electrons. The molecule has 21 heavy (non-hydrogen) atoms. The van der Waals surface area contributed by atoms with Crippen molar-refractivity contribution in [2.24, 2.45) is 7.05 Å². The largest absolute Gasteiger partial charge is 0.484 e. The highest BCUT2D eigenvalue weighted by atomic mass is 35.5. The molecule has 1 saturated carbocycles. The first-order valence-electron chi connectivity index (χ1n) is 6.80. The molecule has 0 radical (unpaired) electrons. The number of aromatic nitrogens is 3. The SMILES string of the molecule is Cn1cnnc1COc1c(Cl)cc(Cl)cc1CNC1CC1. The van der Waals surface area contributed by atoms with Crippen molar-refractivity contribution in [3.8, 4) is 5.75 Å². The van der Waals surface area contributed by atoms with E-state index in [9.17, 15) is 0 Å². The summed E-state index contributed by atoms with van der Waals surface area (Å²) < 4.78 is 7.66. The highest BCUT2D eigenvalue weighted by molar-refractivity contribution is 6.35. The number of halogens is 2. The van der Waals surface area contributed by atoms with Crippen molar-refractivity contribution in [1.29, 1.82) is 0 Å². The van der Waals surface area contributed by atoms with Crippen LogP contribution < -0.4 is 10.1 Å². The van der Waals surface area contributed by atoms with E-state index in [1.807, 2.05) is 17.7 Å². The second-order valence-corrected chi connectivity index (χ2v) is 6.02. The van der Waals surface area contributed by atoms with Crippen LogP contribution >= 0.6 is 23.2 Å². The van der Waals surface area contributed by atoms with Crippen LogP contribution in [0.1, 0.15) is 24.2 Å². The fraction of sp³-hybridized carbons (Fsp3) is 0.429. The number of rotatable bonds is 6. The molecule has 0 spiro atoms. The maximum atomic E-state index is 6.27. The zero-order valence-corrected chi connectivity index (χ0v) is 13.2. The molecule has 1 aromatic heterocycles. The van der Waals surface area contributed by atoms with Crippen molar-refractivity contribution in [2.45, 2.75) is 32.0 Å². The predicted molar refractivity (Wildman–Crippen MR) is 81.7 cm³/mol. The summed E-state index contributed by atoms with van der Waals surface area (Å²) in [5, 5.41) is 12.4. The molecule has 3 rings (SSSR count). The number of nitrogens with zero attached hydrogens (tertiary/aromatic N) is 3. The Balaban J connectivity index is 1.76. The minimum Gasteiger partial charge on any atom is -0.484 e. The van der Waals surface area contributed by atoms with Gasteiger partial charge in [0.05, 0.1) is 5.02 Å². The standard InChI is InChI=1S/C14H16Cl2N4O/c1-20-8-18-19-13(20)7-21-14-9(6-17-11-2-3-11)4-10(15)5-12(14)16/h4-5,8,11,17H,2-3,6-7H2,1H3. The third kappa shape index (κ3) is 3.67. The predicted octanol–water partition coefficient (Wildman–Crippen LogP) is 2.95. The molecule has 1 fully saturated rings. The summed E-state index contributed by atoms with van der Waals surface area (Å²) >= 11 is 12.3. The van der Waals surface area contributed by atoms with Gasteiger partial charge >= 0.3 is 0 Å². The van der Waals surface area contributed by atoms with Crippen LogP contribution in [0.3, 0.4) is 0 Å². The van der Waals surface area contributed by atoms with Crippen LogP contribution in [0.4, 0.5) is 0 Å². The van der Waals surface area contributed by atoms with Crippen molar-refractivity contribution >= 4 is 23.2 Å². The molecule has 1 aliphatic carbocycles. The Bertz CT molecular complexity index is 640. The summed E-state index contributed by atoms with van der Waals surface area (Å²) in [6, 6.07) is 4.18. The summed E-state index contributed by atoms with van der Waals surface area (Å²) in [5.74, 6) is 1.39. The van der Waals surface area contributed by atoms with Gasteiger partial charge in [0.25, 0.3) is 0 Å². The van der Waals surface area contributed by atoms with E-state index in [2.05, 4.69) is 15.5 Å². The lowest BCUT2D eigenvalue weighted by molar-refractivity contribution is 0.287. The summed E-state index contributed by atoms with van der Waals surface area (Å²) in [7, 11) is 1.87. The molecule has 1 aromatic carbocycles. The van der Waals surface area contributed by atoms with E-state index >= 15 is 0 Å². The van der Waals surface area contributed by atoms with Crippen molar-refractivity contribution in [3.05, 3.63) is 39.9 Å². The highest BCUT2D eigenvalue weighted by Crippen LogP contribution is 2.33.